The molecular weight excluding hydrogens is 358 g/mol. The molecule has 6 nitrogen and oxygen atoms in total. The summed E-state index contributed by atoms with van der Waals surface area (Å²) in [6.07, 6.45) is 3.60. The number of hydrogen-bond donors (Lipinski definition) is 0. The van der Waals surface area contributed by atoms with Crippen molar-refractivity contribution in [1.82, 2.24) is 0 Å². The van der Waals surface area contributed by atoms with Gasteiger partial charge < -0.3 is 14.4 Å². The molecule has 0 saturated heterocycles. The van der Waals surface area contributed by atoms with Gasteiger partial charge in [-0.15, -0.1) is 0 Å². The molecule has 3 rings (SSSR count). The maximum Gasteiger partial charge on any atom is 0.337 e. The fourth-order valence-electron chi connectivity index (χ4n) is 3.21. The van der Waals surface area contributed by atoms with Gasteiger partial charge in [-0.3, -0.25) is 4.79 Å². The van der Waals surface area contributed by atoms with Crippen LogP contribution in [0.3, 0.4) is 0 Å². The topological polar surface area (TPSA) is 72.9 Å². The van der Waals surface area contributed by atoms with E-state index in [1.165, 1.54) is 13.2 Å². The lowest BCUT2D eigenvalue weighted by Crippen LogP contribution is -2.38. The first-order valence-electron chi connectivity index (χ1n) is 8.93. The van der Waals surface area contributed by atoms with Gasteiger partial charge in [0.2, 0.25) is 0 Å². The van der Waals surface area contributed by atoms with Crippen molar-refractivity contribution in [2.24, 2.45) is 0 Å². The Hall–Kier alpha value is -3.41. The van der Waals surface area contributed by atoms with Crippen molar-refractivity contribution in [3.05, 3.63) is 71.3 Å². The Labute approximate surface area is 163 Å². The van der Waals surface area contributed by atoms with Crippen molar-refractivity contribution in [2.75, 3.05) is 18.6 Å². The van der Waals surface area contributed by atoms with Crippen LogP contribution < -0.4 is 4.90 Å². The van der Waals surface area contributed by atoms with Crippen LogP contribution in [0.5, 0.6) is 0 Å². The van der Waals surface area contributed by atoms with Crippen molar-refractivity contribution in [1.29, 1.82) is 0 Å². The van der Waals surface area contributed by atoms with Crippen LogP contribution in [0.15, 0.2) is 54.6 Å². The summed E-state index contributed by atoms with van der Waals surface area (Å²) < 4.78 is 9.72. The third-order valence-electron chi connectivity index (χ3n) is 4.56. The zero-order valence-corrected chi connectivity index (χ0v) is 15.8. The van der Waals surface area contributed by atoms with E-state index in [0.29, 0.717) is 5.56 Å². The summed E-state index contributed by atoms with van der Waals surface area (Å²) in [4.78, 5) is 37.5. The number of carbonyl (C=O) groups is 3. The van der Waals surface area contributed by atoms with Crippen molar-refractivity contribution >= 4 is 29.6 Å². The Bertz CT molecular complexity index is 917. The van der Waals surface area contributed by atoms with Gasteiger partial charge in [0, 0.05) is 17.8 Å². The van der Waals surface area contributed by atoms with Gasteiger partial charge in [0.05, 0.1) is 12.7 Å². The van der Waals surface area contributed by atoms with Gasteiger partial charge in [0.15, 0.2) is 6.61 Å². The van der Waals surface area contributed by atoms with Crippen molar-refractivity contribution in [3.8, 4) is 0 Å². The number of esters is 2. The lowest BCUT2D eigenvalue weighted by Gasteiger charge is -2.22. The van der Waals surface area contributed by atoms with E-state index in [2.05, 4.69) is 4.74 Å². The lowest BCUT2D eigenvalue weighted by atomic mass is 10.1. The predicted octanol–water partition coefficient (Wildman–Crippen LogP) is 3.01. The van der Waals surface area contributed by atoms with E-state index in [0.717, 1.165) is 23.2 Å². The van der Waals surface area contributed by atoms with Crippen LogP contribution in [0, 0.1) is 0 Å². The normalized spacial score (nSPS) is 15.4. The SMILES string of the molecule is COC(=O)c1ccc(/C=C/C(=O)OCC(=O)N2c3ccccc3C[C@H]2C)cc1. The maximum absolute atomic E-state index is 12.5. The first kappa shape index (κ1) is 19.4. The molecule has 0 N–H and O–H groups in total. The summed E-state index contributed by atoms with van der Waals surface area (Å²) in [6.45, 7) is 1.65. The summed E-state index contributed by atoms with van der Waals surface area (Å²) in [7, 11) is 1.31. The third-order valence-corrected chi connectivity index (χ3v) is 4.56. The summed E-state index contributed by atoms with van der Waals surface area (Å²) in [5.41, 5.74) is 3.13. The Morgan fingerprint density at radius 1 is 1.11 bits per heavy atom. The number of benzene rings is 2. The minimum atomic E-state index is -0.606. The molecule has 0 aliphatic carbocycles. The lowest BCUT2D eigenvalue weighted by molar-refractivity contribution is -0.143. The average molecular weight is 379 g/mol. The molecular formula is C22H21NO5. The number of anilines is 1. The smallest absolute Gasteiger partial charge is 0.337 e. The van der Waals surface area contributed by atoms with Crippen molar-refractivity contribution < 1.29 is 23.9 Å². The van der Waals surface area contributed by atoms with Gasteiger partial charge in [-0.05, 0) is 48.7 Å². The molecule has 1 aliphatic rings. The maximum atomic E-state index is 12.5. The molecule has 144 valence electrons. The van der Waals surface area contributed by atoms with Crippen LogP contribution in [0.4, 0.5) is 5.69 Å². The van der Waals surface area contributed by atoms with E-state index in [1.807, 2.05) is 31.2 Å². The van der Waals surface area contributed by atoms with E-state index in [-0.39, 0.29) is 18.6 Å². The number of para-hydroxylation sites is 1. The average Bonchev–Trinajstić information content (AvgIpc) is 3.06. The van der Waals surface area contributed by atoms with E-state index in [9.17, 15) is 14.4 Å². The van der Waals surface area contributed by atoms with Crippen molar-refractivity contribution in [2.45, 2.75) is 19.4 Å². The highest BCUT2D eigenvalue weighted by molar-refractivity contribution is 5.98. The monoisotopic (exact) mass is 379 g/mol. The molecule has 28 heavy (non-hydrogen) atoms. The molecule has 6 heteroatoms. The number of fused-ring (bicyclic) bond motifs is 1. The molecule has 0 fully saturated rings. The number of amides is 1. The van der Waals surface area contributed by atoms with Gasteiger partial charge in [0.1, 0.15) is 0 Å². The molecule has 1 atom stereocenters. The first-order chi connectivity index (χ1) is 13.5. The van der Waals surface area contributed by atoms with Crippen LogP contribution in [0.25, 0.3) is 6.08 Å². The van der Waals surface area contributed by atoms with E-state index in [4.69, 9.17) is 4.74 Å². The summed E-state index contributed by atoms with van der Waals surface area (Å²) in [5.74, 6) is -1.28. The molecule has 0 bridgehead atoms. The molecule has 0 spiro atoms. The second kappa shape index (κ2) is 8.52. The number of hydrogen-bond acceptors (Lipinski definition) is 5. The van der Waals surface area contributed by atoms with Gasteiger partial charge in [-0.1, -0.05) is 30.3 Å². The molecule has 0 aromatic heterocycles. The molecule has 0 unspecified atom stereocenters. The highest BCUT2D eigenvalue weighted by Gasteiger charge is 2.30. The first-order valence-corrected chi connectivity index (χ1v) is 8.93. The fourth-order valence-corrected chi connectivity index (χ4v) is 3.21. The second-order valence-electron chi connectivity index (χ2n) is 6.50. The second-order valence-corrected chi connectivity index (χ2v) is 6.50. The number of ether oxygens (including phenoxy) is 2. The van der Waals surface area contributed by atoms with E-state index < -0.39 is 11.9 Å². The molecule has 1 heterocycles. The van der Waals surface area contributed by atoms with Gasteiger partial charge in [-0.25, -0.2) is 9.59 Å². The largest absolute Gasteiger partial charge is 0.465 e. The van der Waals surface area contributed by atoms with Crippen LogP contribution in [0.2, 0.25) is 0 Å². The van der Waals surface area contributed by atoms with E-state index >= 15 is 0 Å². The van der Waals surface area contributed by atoms with Crippen LogP contribution in [-0.2, 0) is 25.5 Å². The fraction of sp³-hybridized carbons (Fsp3) is 0.227. The Balaban J connectivity index is 1.55. The Kier molecular flexibility index (Phi) is 5.89. The number of methoxy groups -OCH3 is 1. The van der Waals surface area contributed by atoms with Gasteiger partial charge >= 0.3 is 11.9 Å². The Morgan fingerprint density at radius 3 is 2.54 bits per heavy atom. The molecule has 0 saturated carbocycles. The van der Waals surface area contributed by atoms with E-state index in [1.54, 1.807) is 35.2 Å². The quantitative estimate of drug-likeness (QED) is 0.590. The summed E-state index contributed by atoms with van der Waals surface area (Å²) >= 11 is 0. The highest BCUT2D eigenvalue weighted by Crippen LogP contribution is 2.31. The number of nitrogens with zero attached hydrogens (tertiary/aromatic N) is 1. The Morgan fingerprint density at radius 2 is 1.82 bits per heavy atom. The standard InChI is InChI=1S/C22H21NO5/c1-15-13-18-5-3-4-6-19(18)23(15)20(24)14-28-21(25)12-9-16-7-10-17(11-8-16)22(26)27-2/h3-12,15H,13-14H2,1-2H3/b12-9+/t15-/m1/s1. The zero-order chi connectivity index (χ0) is 20.1. The summed E-state index contributed by atoms with van der Waals surface area (Å²) in [6, 6.07) is 14.3. The van der Waals surface area contributed by atoms with Crippen LogP contribution in [0.1, 0.15) is 28.4 Å². The van der Waals surface area contributed by atoms with Crippen molar-refractivity contribution in [3.63, 3.8) is 0 Å². The van der Waals surface area contributed by atoms with Crippen LogP contribution >= 0.6 is 0 Å². The molecule has 2 aromatic rings. The van der Waals surface area contributed by atoms with Gasteiger partial charge in [-0.2, -0.15) is 0 Å². The summed E-state index contributed by atoms with van der Waals surface area (Å²) in [5, 5.41) is 0. The highest BCUT2D eigenvalue weighted by atomic mass is 16.5. The minimum Gasteiger partial charge on any atom is -0.465 e. The molecule has 1 amide bonds. The van der Waals surface area contributed by atoms with Crippen LogP contribution in [-0.4, -0.2) is 37.6 Å². The number of carbonyl (C=O) groups excluding carboxylic acids is 3. The minimum absolute atomic E-state index is 0.0347. The van der Waals surface area contributed by atoms with Gasteiger partial charge in [0.25, 0.3) is 5.91 Å². The number of rotatable bonds is 5. The molecule has 2 aromatic carbocycles. The predicted molar refractivity (Wildman–Crippen MR) is 105 cm³/mol. The molecule has 0 radical (unpaired) electrons. The molecule has 1 aliphatic heterocycles. The third kappa shape index (κ3) is 4.28. The zero-order valence-electron chi connectivity index (χ0n) is 15.8.